The van der Waals surface area contributed by atoms with E-state index in [1.807, 2.05) is 54.6 Å². The van der Waals surface area contributed by atoms with Crippen LogP contribution in [0.25, 0.3) is 17.2 Å². The van der Waals surface area contributed by atoms with Gasteiger partial charge in [-0.2, -0.15) is 13.2 Å². The van der Waals surface area contributed by atoms with Crippen molar-refractivity contribution in [1.29, 1.82) is 0 Å². The average molecular weight is 728 g/mol. The maximum atomic E-state index is 13.7. The molecule has 264 valence electrons. The summed E-state index contributed by atoms with van der Waals surface area (Å²) in [5.41, 5.74) is 2.87. The summed E-state index contributed by atoms with van der Waals surface area (Å²) in [6.45, 7) is 0. The van der Waals surface area contributed by atoms with Gasteiger partial charge in [0.05, 0.1) is 11.3 Å². The number of halogens is 3. The quantitative estimate of drug-likeness (QED) is 0.0916. The highest BCUT2D eigenvalue weighted by Crippen LogP contribution is 2.39. The van der Waals surface area contributed by atoms with Gasteiger partial charge in [0.1, 0.15) is 10.9 Å². The third kappa shape index (κ3) is 9.69. The highest BCUT2D eigenvalue weighted by molar-refractivity contribution is 8.00. The molecule has 0 radical (unpaired) electrons. The second kappa shape index (κ2) is 16.8. The summed E-state index contributed by atoms with van der Waals surface area (Å²) in [6.07, 6.45) is -3.05. The summed E-state index contributed by atoms with van der Waals surface area (Å²) < 4.78 is 41.0. The number of para-hydroxylation sites is 1. The molecule has 0 aliphatic carbocycles. The molecule has 6 nitrogen and oxygen atoms in total. The molecule has 3 N–H and O–H groups in total. The number of thioether (sulfide) groups is 1. The summed E-state index contributed by atoms with van der Waals surface area (Å²) in [4.78, 5) is 40.9. The van der Waals surface area contributed by atoms with Crippen molar-refractivity contribution < 1.29 is 27.6 Å². The average Bonchev–Trinajstić information content (AvgIpc) is 3.18. The zero-order chi connectivity index (χ0) is 37.2. The van der Waals surface area contributed by atoms with E-state index in [2.05, 4.69) is 16.0 Å². The molecule has 0 aliphatic rings. The Bertz CT molecular complexity index is 2210. The fraction of sp³-hybridized carbons (Fsp3) is 0.0465. The zero-order valence-corrected chi connectivity index (χ0v) is 28.8. The van der Waals surface area contributed by atoms with Crippen LogP contribution in [0.5, 0.6) is 0 Å². The number of nitrogens with one attached hydrogen (secondary N) is 3. The number of alkyl halides is 3. The highest BCUT2D eigenvalue weighted by Gasteiger charge is 2.34. The lowest BCUT2D eigenvalue weighted by atomic mass is 10.0. The van der Waals surface area contributed by atoms with Crippen molar-refractivity contribution in [2.75, 3.05) is 10.6 Å². The number of anilines is 2. The second-order valence-electron chi connectivity index (χ2n) is 11.8. The van der Waals surface area contributed by atoms with Crippen molar-refractivity contribution in [1.82, 2.24) is 5.32 Å². The van der Waals surface area contributed by atoms with Gasteiger partial charge >= 0.3 is 6.18 Å². The van der Waals surface area contributed by atoms with E-state index in [9.17, 15) is 27.6 Å². The first-order chi connectivity index (χ1) is 25.6. The van der Waals surface area contributed by atoms with Gasteiger partial charge in [-0.25, -0.2) is 0 Å². The largest absolute Gasteiger partial charge is 0.418 e. The molecule has 6 aromatic rings. The summed E-state index contributed by atoms with van der Waals surface area (Å²) in [5.74, 6) is -1.65. The van der Waals surface area contributed by atoms with E-state index in [1.54, 1.807) is 91.0 Å². The van der Waals surface area contributed by atoms with Crippen molar-refractivity contribution in [3.63, 3.8) is 0 Å². The molecule has 0 heterocycles. The Morgan fingerprint density at radius 1 is 0.604 bits per heavy atom. The lowest BCUT2D eigenvalue weighted by Gasteiger charge is -2.19. The fourth-order valence-corrected chi connectivity index (χ4v) is 6.43. The smallest absolute Gasteiger partial charge is 0.324 e. The Kier molecular flexibility index (Phi) is 11.5. The highest BCUT2D eigenvalue weighted by atomic mass is 32.2. The molecule has 0 aromatic heterocycles. The third-order valence-corrected chi connectivity index (χ3v) is 9.32. The Hall–Kier alpha value is -6.39. The Morgan fingerprint density at radius 3 is 1.81 bits per heavy atom. The minimum Gasteiger partial charge on any atom is -0.324 e. The predicted molar refractivity (Wildman–Crippen MR) is 204 cm³/mol. The maximum absolute atomic E-state index is 13.7. The minimum atomic E-state index is -4.65. The summed E-state index contributed by atoms with van der Waals surface area (Å²) in [6, 6.07) is 46.2. The lowest BCUT2D eigenvalue weighted by molar-refractivity contribution is -0.137. The number of hydrogen-bond donors (Lipinski definition) is 3. The molecular weight excluding hydrogens is 696 g/mol. The van der Waals surface area contributed by atoms with Crippen LogP contribution in [0.2, 0.25) is 0 Å². The summed E-state index contributed by atoms with van der Waals surface area (Å²) in [7, 11) is 0. The van der Waals surface area contributed by atoms with E-state index in [0.717, 1.165) is 29.0 Å². The van der Waals surface area contributed by atoms with Crippen LogP contribution in [0.1, 0.15) is 32.3 Å². The monoisotopic (exact) mass is 727 g/mol. The number of carbonyl (C=O) groups excluding carboxylic acids is 3. The van der Waals surface area contributed by atoms with Crippen LogP contribution in [0, 0.1) is 0 Å². The molecule has 0 spiro atoms. The van der Waals surface area contributed by atoms with Crippen LogP contribution in [0.15, 0.2) is 174 Å². The molecular formula is C43H32F3N3O3S. The number of hydrogen-bond acceptors (Lipinski definition) is 4. The molecule has 0 saturated heterocycles. The number of amides is 3. The molecule has 6 rings (SSSR count). The van der Waals surface area contributed by atoms with Gasteiger partial charge in [-0.1, -0.05) is 115 Å². The van der Waals surface area contributed by atoms with E-state index >= 15 is 0 Å². The lowest BCUT2D eigenvalue weighted by Crippen LogP contribution is -2.30. The van der Waals surface area contributed by atoms with Crippen LogP contribution in [-0.4, -0.2) is 17.7 Å². The van der Waals surface area contributed by atoms with Crippen LogP contribution < -0.4 is 16.0 Å². The first kappa shape index (κ1) is 36.4. The van der Waals surface area contributed by atoms with E-state index in [4.69, 9.17) is 0 Å². The van der Waals surface area contributed by atoms with Crippen molar-refractivity contribution in [2.45, 2.75) is 16.3 Å². The number of carbonyl (C=O) groups is 3. The number of rotatable bonds is 11. The molecule has 0 fully saturated rings. The summed E-state index contributed by atoms with van der Waals surface area (Å²) in [5, 5.41) is 7.14. The molecule has 1 unspecified atom stereocenters. The standard InChI is InChI=1S/C43H32F3N3O3S/c44-43(45,46)36-18-10-11-19-37(36)48-42(52)39(32-14-6-2-7-15-32)53-35-26-24-34(25-27-35)47-41(51)38(49-40(50)33-16-8-3-9-17-33)28-29-20-22-31(23-21-29)30-12-4-1-5-13-30/h1-28,39H,(H,47,51)(H,48,52)(H,49,50)/b38-28-. The van der Waals surface area contributed by atoms with Crippen LogP contribution in [0.3, 0.4) is 0 Å². The van der Waals surface area contributed by atoms with Gasteiger partial charge in [-0.15, -0.1) is 11.8 Å². The maximum Gasteiger partial charge on any atom is 0.418 e. The minimum absolute atomic E-state index is 0.0183. The normalized spacial score (nSPS) is 12.0. The van der Waals surface area contributed by atoms with Crippen LogP contribution >= 0.6 is 11.8 Å². The summed E-state index contributed by atoms with van der Waals surface area (Å²) >= 11 is 1.15. The molecule has 53 heavy (non-hydrogen) atoms. The van der Waals surface area contributed by atoms with E-state index < -0.39 is 34.7 Å². The van der Waals surface area contributed by atoms with Crippen LogP contribution in [-0.2, 0) is 15.8 Å². The van der Waals surface area contributed by atoms with Crippen molar-refractivity contribution >= 4 is 46.9 Å². The van der Waals surface area contributed by atoms with Gasteiger partial charge in [0, 0.05) is 16.1 Å². The molecule has 0 saturated carbocycles. The Balaban J connectivity index is 1.20. The van der Waals surface area contributed by atoms with Gasteiger partial charge in [0.25, 0.3) is 11.8 Å². The van der Waals surface area contributed by atoms with Crippen molar-refractivity contribution in [2.24, 2.45) is 0 Å². The molecule has 1 atom stereocenters. The topological polar surface area (TPSA) is 87.3 Å². The third-order valence-electron chi connectivity index (χ3n) is 8.05. The molecule has 0 aliphatic heterocycles. The molecule has 3 amide bonds. The Labute approximate surface area is 308 Å². The van der Waals surface area contributed by atoms with Gasteiger partial charge in [-0.3, -0.25) is 14.4 Å². The van der Waals surface area contributed by atoms with Gasteiger partial charge in [0.15, 0.2) is 0 Å². The van der Waals surface area contributed by atoms with Crippen molar-refractivity contribution in [3.8, 4) is 11.1 Å². The SMILES string of the molecule is O=C(Nc1ccc(SC(C(=O)Nc2ccccc2C(F)(F)F)c2ccccc2)cc1)/C(=C/c1ccc(-c2ccccc2)cc1)NC(=O)c1ccccc1. The first-order valence-electron chi connectivity index (χ1n) is 16.5. The first-order valence-corrected chi connectivity index (χ1v) is 17.4. The second-order valence-corrected chi connectivity index (χ2v) is 13.0. The number of benzene rings is 6. The fourth-order valence-electron chi connectivity index (χ4n) is 5.40. The van der Waals surface area contributed by atoms with Crippen LogP contribution in [0.4, 0.5) is 24.5 Å². The predicted octanol–water partition coefficient (Wildman–Crippen LogP) is 10.3. The van der Waals surface area contributed by atoms with Gasteiger partial charge in [0.2, 0.25) is 5.91 Å². The van der Waals surface area contributed by atoms with Crippen molar-refractivity contribution in [3.05, 3.63) is 192 Å². The molecule has 0 bridgehead atoms. The Morgan fingerprint density at radius 2 is 1.17 bits per heavy atom. The zero-order valence-electron chi connectivity index (χ0n) is 28.0. The van der Waals surface area contributed by atoms with Gasteiger partial charge < -0.3 is 16.0 Å². The molecule has 10 heteroatoms. The van der Waals surface area contributed by atoms with E-state index in [1.165, 1.54) is 18.2 Å². The molecule has 6 aromatic carbocycles. The van der Waals surface area contributed by atoms with E-state index in [0.29, 0.717) is 27.3 Å². The van der Waals surface area contributed by atoms with E-state index in [-0.39, 0.29) is 11.4 Å². The van der Waals surface area contributed by atoms with Gasteiger partial charge in [-0.05, 0) is 76.9 Å².